The predicted octanol–water partition coefficient (Wildman–Crippen LogP) is 7.17. The highest BCUT2D eigenvalue weighted by atomic mass is 79.9. The largest absolute Gasteiger partial charge is 0.130 e. The van der Waals surface area contributed by atoms with E-state index in [2.05, 4.69) is 69.8 Å². The number of thiophene rings is 1. The first-order valence-corrected chi connectivity index (χ1v) is 9.01. The Bertz CT molecular complexity index is 533. The van der Waals surface area contributed by atoms with E-state index in [4.69, 9.17) is 11.6 Å². The maximum absolute atomic E-state index is 6.05. The normalized spacial score (nSPS) is 12.8. The van der Waals surface area contributed by atoms with Gasteiger partial charge in [0.1, 0.15) is 0 Å². The molecule has 90 valence electrons. The monoisotopic (exact) mass is 520 g/mol. The Hall–Kier alpha value is 1.13. The number of alkyl halides is 1. The molecule has 0 nitrogen and oxygen atoms in total. The predicted molar refractivity (Wildman–Crippen MR) is 89.6 cm³/mol. The van der Waals surface area contributed by atoms with Crippen LogP contribution in [0.5, 0.6) is 0 Å². The molecule has 1 atom stereocenters. The molecule has 0 bridgehead atoms. The van der Waals surface area contributed by atoms with Crippen molar-refractivity contribution in [2.24, 2.45) is 0 Å². The average molecular weight is 524 g/mol. The summed E-state index contributed by atoms with van der Waals surface area (Å²) < 4.78 is 3.08. The second-order valence-corrected chi connectivity index (χ2v) is 8.79. The standard InChI is InChI=1S/C11H5Br4ClS/c12-5-1-2-6(7(13)3-5)10(14)9-4-8(16)11(15)17-9/h1-4,10H. The maximum Gasteiger partial charge on any atom is 0.0887 e. The lowest BCUT2D eigenvalue weighted by atomic mass is 10.1. The third-order valence-corrected chi connectivity index (χ3v) is 7.16. The lowest BCUT2D eigenvalue weighted by molar-refractivity contribution is 1.20. The summed E-state index contributed by atoms with van der Waals surface area (Å²) in [5.41, 5.74) is 1.18. The van der Waals surface area contributed by atoms with E-state index in [1.54, 1.807) is 11.3 Å². The first-order chi connectivity index (χ1) is 7.99. The van der Waals surface area contributed by atoms with Gasteiger partial charge in [0.15, 0.2) is 0 Å². The van der Waals surface area contributed by atoms with Crippen LogP contribution >= 0.6 is 86.7 Å². The Balaban J connectivity index is 2.39. The Labute approximate surface area is 142 Å². The molecule has 0 amide bonds. The van der Waals surface area contributed by atoms with Gasteiger partial charge < -0.3 is 0 Å². The molecule has 0 aliphatic rings. The Morgan fingerprint density at radius 2 is 1.82 bits per heavy atom. The van der Waals surface area contributed by atoms with Crippen LogP contribution in [0.25, 0.3) is 0 Å². The van der Waals surface area contributed by atoms with Gasteiger partial charge in [0, 0.05) is 13.8 Å². The average Bonchev–Trinajstić information content (AvgIpc) is 2.58. The van der Waals surface area contributed by atoms with Crippen LogP contribution < -0.4 is 0 Å². The van der Waals surface area contributed by atoms with Gasteiger partial charge in [-0.05, 0) is 39.7 Å². The molecule has 0 fully saturated rings. The van der Waals surface area contributed by atoms with Crippen LogP contribution in [0, 0.1) is 0 Å². The summed E-state index contributed by atoms with van der Waals surface area (Å²) in [7, 11) is 0. The molecule has 1 aromatic heterocycles. The van der Waals surface area contributed by atoms with E-state index in [-0.39, 0.29) is 4.83 Å². The molecule has 0 saturated heterocycles. The fourth-order valence-electron chi connectivity index (χ4n) is 1.35. The summed E-state index contributed by atoms with van der Waals surface area (Å²) in [6.07, 6.45) is 0. The van der Waals surface area contributed by atoms with Gasteiger partial charge in [-0.3, -0.25) is 0 Å². The van der Waals surface area contributed by atoms with Crippen LogP contribution in [0.4, 0.5) is 0 Å². The number of rotatable bonds is 2. The van der Waals surface area contributed by atoms with E-state index < -0.39 is 0 Å². The lowest BCUT2D eigenvalue weighted by Gasteiger charge is -2.10. The lowest BCUT2D eigenvalue weighted by Crippen LogP contribution is -1.90. The number of halogens is 5. The van der Waals surface area contributed by atoms with Crippen molar-refractivity contribution in [2.75, 3.05) is 0 Å². The van der Waals surface area contributed by atoms with E-state index in [9.17, 15) is 0 Å². The molecule has 0 spiro atoms. The second kappa shape index (κ2) is 6.06. The van der Waals surface area contributed by atoms with Gasteiger partial charge in [0.05, 0.1) is 13.6 Å². The minimum absolute atomic E-state index is 0.138. The summed E-state index contributed by atoms with van der Waals surface area (Å²) in [5, 5.41) is 0.752. The minimum atomic E-state index is 0.138. The molecule has 0 saturated carbocycles. The number of hydrogen-bond donors (Lipinski definition) is 0. The van der Waals surface area contributed by atoms with Crippen molar-refractivity contribution in [2.45, 2.75) is 4.83 Å². The van der Waals surface area contributed by atoms with Gasteiger partial charge in [-0.25, -0.2) is 0 Å². The van der Waals surface area contributed by atoms with Gasteiger partial charge in [0.2, 0.25) is 0 Å². The SMILES string of the molecule is Clc1cc(C(Br)c2ccc(Br)cc2Br)sc1Br. The quantitative estimate of drug-likeness (QED) is 0.366. The summed E-state index contributed by atoms with van der Waals surface area (Å²) in [4.78, 5) is 1.31. The zero-order valence-corrected chi connectivity index (χ0v) is 16.1. The van der Waals surface area contributed by atoms with Gasteiger partial charge in [-0.15, -0.1) is 11.3 Å². The second-order valence-electron chi connectivity index (χ2n) is 3.30. The van der Waals surface area contributed by atoms with Crippen molar-refractivity contribution in [1.82, 2.24) is 0 Å². The number of hydrogen-bond acceptors (Lipinski definition) is 1. The highest BCUT2D eigenvalue weighted by molar-refractivity contribution is 9.11. The maximum atomic E-state index is 6.05. The van der Waals surface area contributed by atoms with Crippen molar-refractivity contribution in [1.29, 1.82) is 0 Å². The fourth-order valence-corrected chi connectivity index (χ4v) is 5.49. The van der Waals surface area contributed by atoms with E-state index in [1.807, 2.05) is 18.2 Å². The van der Waals surface area contributed by atoms with Crippen LogP contribution in [0.15, 0.2) is 37.0 Å². The van der Waals surface area contributed by atoms with Crippen LogP contribution in [0.3, 0.4) is 0 Å². The van der Waals surface area contributed by atoms with E-state index in [0.29, 0.717) is 0 Å². The van der Waals surface area contributed by atoms with Crippen molar-refractivity contribution in [3.05, 3.63) is 52.5 Å². The van der Waals surface area contributed by atoms with Crippen molar-refractivity contribution in [3.63, 3.8) is 0 Å². The van der Waals surface area contributed by atoms with Crippen LogP contribution in [0.2, 0.25) is 5.02 Å². The van der Waals surface area contributed by atoms with Gasteiger partial charge in [-0.2, -0.15) is 0 Å². The molecule has 1 heterocycles. The first-order valence-electron chi connectivity index (χ1n) is 4.53. The summed E-state index contributed by atoms with van der Waals surface area (Å²) in [6.45, 7) is 0. The molecule has 0 aliphatic carbocycles. The molecular formula is C11H5Br4ClS. The molecule has 2 rings (SSSR count). The molecule has 0 aliphatic heterocycles. The first kappa shape index (κ1) is 14.5. The summed E-state index contributed by atoms with van der Waals surface area (Å²) in [6, 6.07) is 8.12. The Morgan fingerprint density at radius 1 is 1.12 bits per heavy atom. The van der Waals surface area contributed by atoms with Crippen molar-refractivity contribution in [3.8, 4) is 0 Å². The molecule has 1 unspecified atom stereocenters. The van der Waals surface area contributed by atoms with E-state index in [0.717, 1.165) is 17.8 Å². The van der Waals surface area contributed by atoms with Crippen LogP contribution in [0.1, 0.15) is 15.3 Å². The van der Waals surface area contributed by atoms with Crippen molar-refractivity contribution < 1.29 is 0 Å². The molecule has 0 N–H and O–H groups in total. The molecule has 2 aromatic rings. The fraction of sp³-hybridized carbons (Fsp3) is 0.0909. The minimum Gasteiger partial charge on any atom is -0.130 e. The molecule has 0 radical (unpaired) electrons. The highest BCUT2D eigenvalue weighted by Gasteiger charge is 2.17. The molecular weight excluding hydrogens is 519 g/mol. The summed E-state index contributed by atoms with van der Waals surface area (Å²) in [5.74, 6) is 0. The van der Waals surface area contributed by atoms with Crippen LogP contribution in [-0.2, 0) is 0 Å². The zero-order valence-electron chi connectivity index (χ0n) is 8.18. The smallest absolute Gasteiger partial charge is 0.0887 e. The Morgan fingerprint density at radius 3 is 2.35 bits per heavy atom. The number of benzene rings is 1. The Kier molecular flexibility index (Phi) is 5.18. The topological polar surface area (TPSA) is 0 Å². The summed E-state index contributed by atoms with van der Waals surface area (Å²) >= 11 is 21.8. The molecule has 17 heavy (non-hydrogen) atoms. The van der Waals surface area contributed by atoms with E-state index in [1.165, 1.54) is 10.4 Å². The molecule has 6 heteroatoms. The van der Waals surface area contributed by atoms with Crippen molar-refractivity contribution >= 4 is 86.7 Å². The van der Waals surface area contributed by atoms with Gasteiger partial charge in [0.25, 0.3) is 0 Å². The molecule has 1 aromatic carbocycles. The van der Waals surface area contributed by atoms with E-state index >= 15 is 0 Å². The van der Waals surface area contributed by atoms with Gasteiger partial charge in [-0.1, -0.05) is 65.5 Å². The third kappa shape index (κ3) is 3.37. The van der Waals surface area contributed by atoms with Gasteiger partial charge >= 0.3 is 0 Å². The van der Waals surface area contributed by atoms with Crippen LogP contribution in [-0.4, -0.2) is 0 Å². The zero-order chi connectivity index (χ0) is 12.6. The third-order valence-electron chi connectivity index (χ3n) is 2.15. The highest BCUT2D eigenvalue weighted by Crippen LogP contribution is 2.43.